The van der Waals surface area contributed by atoms with Crippen LogP contribution in [-0.2, 0) is 20.2 Å². The first-order valence-electron chi connectivity index (χ1n) is 3.27. The van der Waals surface area contributed by atoms with Gasteiger partial charge in [-0.1, -0.05) is 12.1 Å². The van der Waals surface area contributed by atoms with E-state index in [1.54, 1.807) is 0 Å². The Balaban J connectivity index is 0.00000196. The second-order valence-electron chi connectivity index (χ2n) is 2.40. The zero-order chi connectivity index (χ0) is 11.0. The third kappa shape index (κ3) is 3.98. The summed E-state index contributed by atoms with van der Waals surface area (Å²) in [4.78, 5) is -1.69. The molecular formula is C6H8CaO6S2. The molecule has 15 heavy (non-hydrogen) atoms. The molecule has 0 saturated carbocycles. The van der Waals surface area contributed by atoms with Crippen LogP contribution < -0.4 is 0 Å². The van der Waals surface area contributed by atoms with Gasteiger partial charge in [-0.05, 0) is 12.1 Å². The first kappa shape index (κ1) is 15.3. The van der Waals surface area contributed by atoms with Crippen LogP contribution in [0, 0.1) is 0 Å². The fourth-order valence-electron chi connectivity index (χ4n) is 0.876. The zero-order valence-corrected chi connectivity index (χ0v) is 8.29. The van der Waals surface area contributed by atoms with Gasteiger partial charge in [0.15, 0.2) is 0 Å². The van der Waals surface area contributed by atoms with Gasteiger partial charge >= 0.3 is 37.7 Å². The van der Waals surface area contributed by atoms with Crippen LogP contribution in [0.1, 0.15) is 0 Å². The van der Waals surface area contributed by atoms with E-state index >= 15 is 0 Å². The van der Waals surface area contributed by atoms with E-state index in [1.165, 1.54) is 12.1 Å². The molecule has 0 spiro atoms. The van der Waals surface area contributed by atoms with Crippen LogP contribution in [0.2, 0.25) is 0 Å². The molecule has 0 aliphatic rings. The molecule has 0 saturated heterocycles. The third-order valence-corrected chi connectivity index (χ3v) is 3.36. The van der Waals surface area contributed by atoms with E-state index in [-0.39, 0.29) is 37.7 Å². The molecule has 0 fully saturated rings. The number of hydrogen-bond donors (Lipinski definition) is 2. The van der Waals surface area contributed by atoms with Crippen LogP contribution in [-0.4, -0.2) is 63.7 Å². The molecule has 1 aromatic carbocycles. The quantitative estimate of drug-likeness (QED) is 0.546. The summed E-state index contributed by atoms with van der Waals surface area (Å²) in [6, 6.07) is 4.19. The van der Waals surface area contributed by atoms with Crippen LogP contribution in [0.25, 0.3) is 0 Å². The molecule has 0 aromatic heterocycles. The Morgan fingerprint density at radius 3 is 1.27 bits per heavy atom. The second-order valence-corrected chi connectivity index (χ2v) is 5.18. The molecule has 0 unspecified atom stereocenters. The molecule has 1 aromatic rings. The van der Waals surface area contributed by atoms with Crippen LogP contribution in [0.15, 0.2) is 34.1 Å². The van der Waals surface area contributed by atoms with E-state index in [9.17, 15) is 16.8 Å². The number of benzene rings is 1. The van der Waals surface area contributed by atoms with Crippen LogP contribution >= 0.6 is 0 Å². The summed E-state index contributed by atoms with van der Waals surface area (Å²) in [6.45, 7) is 0. The van der Waals surface area contributed by atoms with Crippen LogP contribution in [0.4, 0.5) is 0 Å². The van der Waals surface area contributed by atoms with E-state index in [0.29, 0.717) is 0 Å². The van der Waals surface area contributed by atoms with Gasteiger partial charge in [0.05, 0.1) is 0 Å². The monoisotopic (exact) mass is 280 g/mol. The molecule has 0 aliphatic heterocycles. The Morgan fingerprint density at radius 2 is 1.07 bits per heavy atom. The molecule has 6 nitrogen and oxygen atoms in total. The predicted molar refractivity (Wildman–Crippen MR) is 54.6 cm³/mol. The van der Waals surface area contributed by atoms with Crippen molar-refractivity contribution in [1.82, 2.24) is 0 Å². The zero-order valence-electron chi connectivity index (χ0n) is 6.65. The van der Waals surface area contributed by atoms with Crippen molar-refractivity contribution in [1.29, 1.82) is 0 Å². The molecule has 0 amide bonds. The van der Waals surface area contributed by atoms with Crippen molar-refractivity contribution in [3.05, 3.63) is 24.3 Å². The molecule has 1 rings (SSSR count). The Labute approximate surface area is 117 Å². The summed E-state index contributed by atoms with van der Waals surface area (Å²) in [5.74, 6) is 0. The predicted octanol–water partition coefficient (Wildman–Crippen LogP) is -0.736. The summed E-state index contributed by atoms with van der Waals surface area (Å²) in [6.07, 6.45) is 0. The van der Waals surface area contributed by atoms with Crippen molar-refractivity contribution in [3.8, 4) is 0 Å². The van der Waals surface area contributed by atoms with Gasteiger partial charge in [-0.15, -0.1) is 0 Å². The third-order valence-electron chi connectivity index (χ3n) is 1.40. The maximum absolute atomic E-state index is 10.7. The summed E-state index contributed by atoms with van der Waals surface area (Å²) in [5.41, 5.74) is 0. The van der Waals surface area contributed by atoms with Gasteiger partial charge < -0.3 is 0 Å². The van der Waals surface area contributed by atoms with Crippen molar-refractivity contribution in [2.45, 2.75) is 9.79 Å². The van der Waals surface area contributed by atoms with Crippen LogP contribution in [0.5, 0.6) is 0 Å². The van der Waals surface area contributed by atoms with Gasteiger partial charge in [0.2, 0.25) is 0 Å². The van der Waals surface area contributed by atoms with Gasteiger partial charge in [0, 0.05) is 0 Å². The van der Waals surface area contributed by atoms with Crippen molar-refractivity contribution in [2.24, 2.45) is 0 Å². The Morgan fingerprint density at radius 1 is 0.800 bits per heavy atom. The average Bonchev–Trinajstić information content (AvgIpc) is 2.01. The summed E-state index contributed by atoms with van der Waals surface area (Å²) >= 11 is 0. The van der Waals surface area contributed by atoms with Gasteiger partial charge in [-0.25, -0.2) is 0 Å². The van der Waals surface area contributed by atoms with Crippen LogP contribution in [0.3, 0.4) is 0 Å². The number of hydrogen-bond acceptors (Lipinski definition) is 4. The van der Waals surface area contributed by atoms with E-state index in [4.69, 9.17) is 9.11 Å². The van der Waals surface area contributed by atoms with Crippen molar-refractivity contribution < 1.29 is 25.9 Å². The average molecular weight is 280 g/mol. The summed E-state index contributed by atoms with van der Waals surface area (Å²) in [5, 5.41) is 0. The van der Waals surface area contributed by atoms with Gasteiger partial charge in [0.25, 0.3) is 20.2 Å². The van der Waals surface area contributed by atoms with Gasteiger partial charge in [0.1, 0.15) is 9.79 Å². The summed E-state index contributed by atoms with van der Waals surface area (Å²) in [7, 11) is -9.31. The van der Waals surface area contributed by atoms with Crippen molar-refractivity contribution in [3.63, 3.8) is 0 Å². The van der Waals surface area contributed by atoms with Crippen molar-refractivity contribution >= 4 is 58.0 Å². The minimum atomic E-state index is -4.66. The molecule has 82 valence electrons. The molecular weight excluding hydrogens is 272 g/mol. The van der Waals surface area contributed by atoms with E-state index in [0.717, 1.165) is 12.1 Å². The Hall–Kier alpha value is 0.300. The van der Waals surface area contributed by atoms with Gasteiger partial charge in [-0.2, -0.15) is 16.8 Å². The molecule has 2 N–H and O–H groups in total. The fraction of sp³-hybridized carbons (Fsp3) is 0. The minimum absolute atomic E-state index is 0. The molecule has 9 heteroatoms. The Kier molecular flexibility index (Phi) is 5.19. The molecule has 0 atom stereocenters. The first-order chi connectivity index (χ1) is 6.23. The second kappa shape index (κ2) is 5.09. The molecule has 0 radical (unpaired) electrons. The fourth-order valence-corrected chi connectivity index (χ4v) is 2.65. The van der Waals surface area contributed by atoms with E-state index in [2.05, 4.69) is 0 Å². The first-order valence-corrected chi connectivity index (χ1v) is 6.15. The maximum atomic E-state index is 10.7. The molecule has 0 bridgehead atoms. The molecule has 0 aliphatic carbocycles. The summed E-state index contributed by atoms with van der Waals surface area (Å²) < 4.78 is 60.0. The van der Waals surface area contributed by atoms with Crippen molar-refractivity contribution in [2.75, 3.05) is 0 Å². The standard InChI is InChI=1S/C6H6O6S2.Ca.2H/c7-13(8,9)5-3-1-2-4-6(5)14(10,11)12;;;/h1-4H,(H,7,8,9)(H,10,11,12);;;. The Bertz CT molecular complexity index is 496. The SMILES string of the molecule is O=S(=O)(O)c1ccccc1S(=O)(=O)O.[CaH2]. The van der Waals surface area contributed by atoms with E-state index in [1.807, 2.05) is 0 Å². The van der Waals surface area contributed by atoms with Gasteiger partial charge in [-0.3, -0.25) is 9.11 Å². The topological polar surface area (TPSA) is 109 Å². The normalized spacial score (nSPS) is 11.9. The number of rotatable bonds is 2. The molecule has 0 heterocycles. The van der Waals surface area contributed by atoms with E-state index < -0.39 is 30.0 Å².